The van der Waals surface area contributed by atoms with Crippen molar-refractivity contribution < 1.29 is 24.2 Å². The quantitative estimate of drug-likeness (QED) is 0.493. The molecule has 0 atom stereocenters. The second-order valence-electron chi connectivity index (χ2n) is 5.93. The number of esters is 1. The maximum Gasteiger partial charge on any atom is 0.306 e. The lowest BCUT2D eigenvalue weighted by Crippen LogP contribution is -2.23. The van der Waals surface area contributed by atoms with E-state index in [1.165, 1.54) is 0 Å². The number of hydrogen-bond donors (Lipinski definition) is 1. The molecule has 0 aliphatic rings. The topological polar surface area (TPSA) is 80.7 Å². The average Bonchev–Trinajstić information content (AvgIpc) is 2.28. The highest BCUT2D eigenvalue weighted by Crippen LogP contribution is 2.12. The van der Waals surface area contributed by atoms with Crippen molar-refractivity contribution in [1.29, 1.82) is 0 Å². The molecule has 20 heavy (non-hydrogen) atoms. The van der Waals surface area contributed by atoms with Gasteiger partial charge in [0.25, 0.3) is 0 Å². The van der Waals surface area contributed by atoms with E-state index in [0.29, 0.717) is 12.8 Å². The van der Waals surface area contributed by atoms with E-state index < -0.39 is 11.6 Å². The Balaban J connectivity index is 3.47. The SMILES string of the molecule is CC(C)(C)OC(=O)CCCCCCC(=O)CCC(=O)O. The molecule has 0 saturated heterocycles. The van der Waals surface area contributed by atoms with E-state index in [1.54, 1.807) is 0 Å². The van der Waals surface area contributed by atoms with Gasteiger partial charge in [0.1, 0.15) is 11.4 Å². The van der Waals surface area contributed by atoms with Crippen LogP contribution in [0.15, 0.2) is 0 Å². The highest BCUT2D eigenvalue weighted by atomic mass is 16.6. The first-order valence-electron chi connectivity index (χ1n) is 7.16. The summed E-state index contributed by atoms with van der Waals surface area (Å²) in [6, 6.07) is 0. The predicted molar refractivity (Wildman–Crippen MR) is 75.4 cm³/mol. The first-order chi connectivity index (χ1) is 9.20. The molecule has 0 bridgehead atoms. The number of hydrogen-bond acceptors (Lipinski definition) is 4. The summed E-state index contributed by atoms with van der Waals surface area (Å²) in [4.78, 5) is 33.0. The van der Waals surface area contributed by atoms with E-state index in [2.05, 4.69) is 0 Å². The standard InChI is InChI=1S/C15H26O5/c1-15(2,3)20-14(19)9-7-5-4-6-8-12(16)10-11-13(17)18/h4-11H2,1-3H3,(H,17,18). The highest BCUT2D eigenvalue weighted by molar-refractivity contribution is 5.82. The second kappa shape index (κ2) is 9.50. The van der Waals surface area contributed by atoms with Crippen LogP contribution in [0.3, 0.4) is 0 Å². The van der Waals surface area contributed by atoms with Gasteiger partial charge in [0.15, 0.2) is 0 Å². The van der Waals surface area contributed by atoms with Gasteiger partial charge in [0.2, 0.25) is 0 Å². The van der Waals surface area contributed by atoms with Crippen LogP contribution in [0.1, 0.15) is 72.1 Å². The Bertz CT molecular complexity index is 328. The number of carbonyl (C=O) groups is 3. The van der Waals surface area contributed by atoms with Gasteiger partial charge in [0, 0.05) is 19.3 Å². The molecular formula is C15H26O5. The zero-order valence-corrected chi connectivity index (χ0v) is 12.7. The molecular weight excluding hydrogens is 260 g/mol. The van der Waals surface area contributed by atoms with Gasteiger partial charge < -0.3 is 9.84 Å². The van der Waals surface area contributed by atoms with Crippen molar-refractivity contribution >= 4 is 17.7 Å². The third-order valence-corrected chi connectivity index (χ3v) is 2.62. The Morgan fingerprint density at radius 3 is 1.90 bits per heavy atom. The summed E-state index contributed by atoms with van der Waals surface area (Å²) in [7, 11) is 0. The number of carboxylic acids is 1. The van der Waals surface area contributed by atoms with E-state index in [4.69, 9.17) is 9.84 Å². The van der Waals surface area contributed by atoms with E-state index in [-0.39, 0.29) is 24.6 Å². The molecule has 0 spiro atoms. The minimum atomic E-state index is -0.935. The third kappa shape index (κ3) is 13.1. The van der Waals surface area contributed by atoms with Gasteiger partial charge in [-0.2, -0.15) is 0 Å². The molecule has 116 valence electrons. The van der Waals surface area contributed by atoms with Crippen LogP contribution < -0.4 is 0 Å². The molecule has 0 amide bonds. The average molecular weight is 286 g/mol. The fraction of sp³-hybridized carbons (Fsp3) is 0.800. The predicted octanol–water partition coefficient (Wildman–Crippen LogP) is 3.10. The molecule has 5 nitrogen and oxygen atoms in total. The molecule has 0 radical (unpaired) electrons. The number of rotatable bonds is 10. The summed E-state index contributed by atoms with van der Waals surface area (Å²) in [6.07, 6.45) is 4.15. The normalized spacial score (nSPS) is 11.2. The van der Waals surface area contributed by atoms with Crippen LogP contribution in [0.2, 0.25) is 0 Å². The molecule has 0 unspecified atom stereocenters. The number of unbranched alkanes of at least 4 members (excludes halogenated alkanes) is 3. The first-order valence-corrected chi connectivity index (χ1v) is 7.16. The van der Waals surface area contributed by atoms with E-state index in [9.17, 15) is 14.4 Å². The Labute approximate surface area is 120 Å². The Morgan fingerprint density at radius 2 is 1.40 bits per heavy atom. The van der Waals surface area contributed by atoms with Crippen LogP contribution in [0.4, 0.5) is 0 Å². The number of aliphatic carboxylic acids is 1. The fourth-order valence-corrected chi connectivity index (χ4v) is 1.71. The summed E-state index contributed by atoms with van der Waals surface area (Å²) in [5.41, 5.74) is -0.437. The van der Waals surface area contributed by atoms with Crippen molar-refractivity contribution in [3.8, 4) is 0 Å². The lowest BCUT2D eigenvalue weighted by Gasteiger charge is -2.19. The Hall–Kier alpha value is -1.39. The zero-order valence-electron chi connectivity index (χ0n) is 12.7. The van der Waals surface area contributed by atoms with Crippen LogP contribution in [0.25, 0.3) is 0 Å². The molecule has 0 aliphatic carbocycles. The van der Waals surface area contributed by atoms with E-state index >= 15 is 0 Å². The van der Waals surface area contributed by atoms with Crippen LogP contribution in [-0.4, -0.2) is 28.4 Å². The number of ketones is 1. The van der Waals surface area contributed by atoms with E-state index in [0.717, 1.165) is 25.7 Å². The summed E-state index contributed by atoms with van der Waals surface area (Å²) < 4.78 is 5.19. The van der Waals surface area contributed by atoms with Gasteiger partial charge >= 0.3 is 11.9 Å². The van der Waals surface area contributed by atoms with Gasteiger partial charge in [-0.3, -0.25) is 14.4 Å². The van der Waals surface area contributed by atoms with Gasteiger partial charge in [-0.1, -0.05) is 12.8 Å². The van der Waals surface area contributed by atoms with Gasteiger partial charge in [-0.05, 0) is 33.6 Å². The molecule has 0 saturated carbocycles. The molecule has 0 aromatic heterocycles. The Morgan fingerprint density at radius 1 is 0.850 bits per heavy atom. The molecule has 0 heterocycles. The van der Waals surface area contributed by atoms with Crippen LogP contribution in [0.5, 0.6) is 0 Å². The highest BCUT2D eigenvalue weighted by Gasteiger charge is 2.15. The molecule has 0 aliphatic heterocycles. The monoisotopic (exact) mass is 286 g/mol. The fourth-order valence-electron chi connectivity index (χ4n) is 1.71. The molecule has 0 fully saturated rings. The van der Waals surface area contributed by atoms with Crippen molar-refractivity contribution in [2.24, 2.45) is 0 Å². The smallest absolute Gasteiger partial charge is 0.306 e. The third-order valence-electron chi connectivity index (χ3n) is 2.62. The van der Waals surface area contributed by atoms with Crippen molar-refractivity contribution in [2.45, 2.75) is 77.7 Å². The molecule has 0 rings (SSSR count). The van der Waals surface area contributed by atoms with Gasteiger partial charge in [-0.25, -0.2) is 0 Å². The summed E-state index contributed by atoms with van der Waals surface area (Å²) in [5, 5.41) is 8.44. The van der Waals surface area contributed by atoms with Crippen LogP contribution >= 0.6 is 0 Å². The maximum atomic E-state index is 11.4. The van der Waals surface area contributed by atoms with Crippen molar-refractivity contribution in [1.82, 2.24) is 0 Å². The van der Waals surface area contributed by atoms with Crippen molar-refractivity contribution in [3.05, 3.63) is 0 Å². The van der Waals surface area contributed by atoms with E-state index in [1.807, 2.05) is 20.8 Å². The first kappa shape index (κ1) is 18.6. The molecule has 5 heteroatoms. The number of carboxylic acid groups (broad SMARTS) is 1. The summed E-state index contributed by atoms with van der Waals surface area (Å²) >= 11 is 0. The lowest BCUT2D eigenvalue weighted by atomic mass is 10.1. The van der Waals surface area contributed by atoms with Crippen LogP contribution in [-0.2, 0) is 19.1 Å². The van der Waals surface area contributed by atoms with Crippen molar-refractivity contribution in [2.75, 3.05) is 0 Å². The largest absolute Gasteiger partial charge is 0.481 e. The number of Topliss-reactive ketones (excluding diaryl/α,β-unsaturated/α-hetero) is 1. The van der Waals surface area contributed by atoms with Gasteiger partial charge in [0.05, 0.1) is 6.42 Å². The lowest BCUT2D eigenvalue weighted by molar-refractivity contribution is -0.155. The maximum absolute atomic E-state index is 11.4. The summed E-state index contributed by atoms with van der Waals surface area (Å²) in [5.74, 6) is -1.12. The van der Waals surface area contributed by atoms with Crippen molar-refractivity contribution in [3.63, 3.8) is 0 Å². The van der Waals surface area contributed by atoms with Gasteiger partial charge in [-0.15, -0.1) is 0 Å². The molecule has 0 aromatic carbocycles. The molecule has 1 N–H and O–H groups in total. The minimum Gasteiger partial charge on any atom is -0.481 e. The Kier molecular flexibility index (Phi) is 8.84. The van der Waals surface area contributed by atoms with Crippen LogP contribution in [0, 0.1) is 0 Å². The zero-order chi connectivity index (χ0) is 15.6. The number of carbonyl (C=O) groups excluding carboxylic acids is 2. The molecule has 0 aromatic rings. The summed E-state index contributed by atoms with van der Waals surface area (Å²) in [6.45, 7) is 5.52. The number of ether oxygens (including phenoxy) is 1. The second-order valence-corrected chi connectivity index (χ2v) is 5.93. The minimum absolute atomic E-state index is 0.000424.